The molecule has 15 heavy (non-hydrogen) atoms. The maximum absolute atomic E-state index is 13.4. The van der Waals surface area contributed by atoms with Crippen molar-refractivity contribution in [2.75, 3.05) is 13.1 Å². The van der Waals surface area contributed by atoms with E-state index in [9.17, 15) is 4.39 Å². The van der Waals surface area contributed by atoms with E-state index in [0.717, 1.165) is 25.2 Å². The molecule has 3 heterocycles. The summed E-state index contributed by atoms with van der Waals surface area (Å²) in [4.78, 5) is 4.44. The third-order valence-electron chi connectivity index (χ3n) is 2.94. The molecule has 0 spiro atoms. The topological polar surface area (TPSA) is 29.3 Å². The Morgan fingerprint density at radius 2 is 2.40 bits per heavy atom. The molecule has 3 rings (SSSR count). The van der Waals surface area contributed by atoms with Crippen LogP contribution >= 0.6 is 0 Å². The monoisotopic (exact) mass is 205 g/mol. The van der Waals surface area contributed by atoms with Crippen LogP contribution < -0.4 is 5.32 Å². The average Bonchev–Trinajstić information content (AvgIpc) is 2.86. The maximum Gasteiger partial charge on any atom is 0.199 e. The summed E-state index contributed by atoms with van der Waals surface area (Å²) >= 11 is 0. The first-order valence-electron chi connectivity index (χ1n) is 5.19. The Labute approximate surface area is 86.9 Å². The van der Waals surface area contributed by atoms with Gasteiger partial charge in [0.25, 0.3) is 0 Å². The number of pyridine rings is 1. The summed E-state index contributed by atoms with van der Waals surface area (Å²) in [5.41, 5.74) is 1.68. The normalized spacial score (nSPS) is 21.3. The largest absolute Gasteiger partial charge is 0.316 e. The Kier molecular flexibility index (Phi) is 1.95. The number of hydrogen-bond donors (Lipinski definition) is 1. The van der Waals surface area contributed by atoms with E-state index in [-0.39, 0.29) is 5.95 Å². The summed E-state index contributed by atoms with van der Waals surface area (Å²) in [7, 11) is 0. The summed E-state index contributed by atoms with van der Waals surface area (Å²) in [5, 5.41) is 3.29. The van der Waals surface area contributed by atoms with E-state index in [2.05, 4.69) is 10.3 Å². The molecule has 1 aliphatic rings. The molecule has 1 aliphatic heterocycles. The van der Waals surface area contributed by atoms with E-state index in [4.69, 9.17) is 0 Å². The fourth-order valence-electron chi connectivity index (χ4n) is 2.10. The molecule has 0 radical (unpaired) electrons. The molecule has 0 saturated carbocycles. The van der Waals surface area contributed by atoms with Gasteiger partial charge in [0.15, 0.2) is 5.95 Å². The van der Waals surface area contributed by atoms with Crippen molar-refractivity contribution in [2.24, 2.45) is 0 Å². The van der Waals surface area contributed by atoms with Crippen molar-refractivity contribution < 1.29 is 4.39 Å². The SMILES string of the molecule is Fc1cccc2nc(C3CCNC3)cn12. The van der Waals surface area contributed by atoms with Gasteiger partial charge in [0, 0.05) is 18.7 Å². The lowest BCUT2D eigenvalue weighted by Crippen LogP contribution is -2.08. The van der Waals surface area contributed by atoms with Gasteiger partial charge in [-0.1, -0.05) is 6.07 Å². The van der Waals surface area contributed by atoms with Gasteiger partial charge in [-0.25, -0.2) is 4.98 Å². The third kappa shape index (κ3) is 1.41. The van der Waals surface area contributed by atoms with Crippen LogP contribution in [0.25, 0.3) is 5.65 Å². The second-order valence-corrected chi connectivity index (χ2v) is 3.93. The molecule has 0 bridgehead atoms. The van der Waals surface area contributed by atoms with Crippen molar-refractivity contribution in [1.29, 1.82) is 0 Å². The van der Waals surface area contributed by atoms with Gasteiger partial charge < -0.3 is 5.32 Å². The summed E-state index contributed by atoms with van der Waals surface area (Å²) < 4.78 is 14.9. The van der Waals surface area contributed by atoms with E-state index in [1.54, 1.807) is 6.07 Å². The molecule has 0 aromatic carbocycles. The summed E-state index contributed by atoms with van der Waals surface area (Å²) in [5.74, 6) is 0.182. The molecule has 4 heteroatoms. The molecule has 1 N–H and O–H groups in total. The van der Waals surface area contributed by atoms with E-state index in [0.29, 0.717) is 11.6 Å². The molecule has 0 amide bonds. The van der Waals surface area contributed by atoms with Gasteiger partial charge in [-0.05, 0) is 25.1 Å². The Hall–Kier alpha value is -1.42. The highest BCUT2D eigenvalue weighted by Crippen LogP contribution is 2.22. The van der Waals surface area contributed by atoms with Crippen molar-refractivity contribution in [2.45, 2.75) is 12.3 Å². The zero-order valence-corrected chi connectivity index (χ0v) is 8.28. The molecule has 3 nitrogen and oxygen atoms in total. The van der Waals surface area contributed by atoms with E-state index in [1.807, 2.05) is 12.3 Å². The van der Waals surface area contributed by atoms with Crippen molar-refractivity contribution in [3.8, 4) is 0 Å². The molecule has 2 aromatic rings. The van der Waals surface area contributed by atoms with Crippen LogP contribution in [0.2, 0.25) is 0 Å². The molecule has 78 valence electrons. The van der Waals surface area contributed by atoms with Crippen LogP contribution in [0.1, 0.15) is 18.0 Å². The number of imidazole rings is 1. The van der Waals surface area contributed by atoms with E-state index < -0.39 is 0 Å². The number of hydrogen-bond acceptors (Lipinski definition) is 2. The summed E-state index contributed by atoms with van der Waals surface area (Å²) in [6, 6.07) is 4.97. The van der Waals surface area contributed by atoms with Gasteiger partial charge in [-0.3, -0.25) is 4.40 Å². The van der Waals surface area contributed by atoms with Crippen LogP contribution in [0.5, 0.6) is 0 Å². The standard InChI is InChI=1S/C11H12FN3/c12-10-2-1-3-11-14-9(7-15(10)11)8-4-5-13-6-8/h1-3,7-8,13H,4-6H2. The van der Waals surface area contributed by atoms with Gasteiger partial charge in [-0.2, -0.15) is 4.39 Å². The number of nitrogens with zero attached hydrogens (tertiary/aromatic N) is 2. The number of rotatable bonds is 1. The van der Waals surface area contributed by atoms with Crippen LogP contribution in [-0.2, 0) is 0 Å². The van der Waals surface area contributed by atoms with Gasteiger partial charge in [-0.15, -0.1) is 0 Å². The zero-order valence-electron chi connectivity index (χ0n) is 8.28. The first-order valence-corrected chi connectivity index (χ1v) is 5.19. The lowest BCUT2D eigenvalue weighted by Gasteiger charge is -2.01. The molecule has 1 fully saturated rings. The minimum atomic E-state index is -0.253. The molecule has 1 unspecified atom stereocenters. The van der Waals surface area contributed by atoms with E-state index in [1.165, 1.54) is 10.5 Å². The lowest BCUT2D eigenvalue weighted by molar-refractivity contribution is 0.567. The fraction of sp³-hybridized carbons (Fsp3) is 0.364. The first-order chi connectivity index (χ1) is 7.34. The number of halogens is 1. The third-order valence-corrected chi connectivity index (χ3v) is 2.94. The summed E-state index contributed by atoms with van der Waals surface area (Å²) in [6.45, 7) is 1.98. The number of nitrogens with one attached hydrogen (secondary N) is 1. The second-order valence-electron chi connectivity index (χ2n) is 3.93. The van der Waals surface area contributed by atoms with E-state index >= 15 is 0 Å². The molecular weight excluding hydrogens is 193 g/mol. The van der Waals surface area contributed by atoms with Crippen LogP contribution in [0.3, 0.4) is 0 Å². The van der Waals surface area contributed by atoms with Gasteiger partial charge in [0.1, 0.15) is 5.65 Å². The fourth-order valence-corrected chi connectivity index (χ4v) is 2.10. The average molecular weight is 205 g/mol. The lowest BCUT2D eigenvalue weighted by atomic mass is 10.1. The number of fused-ring (bicyclic) bond motifs is 1. The predicted molar refractivity (Wildman–Crippen MR) is 55.4 cm³/mol. The Bertz CT molecular complexity index is 486. The maximum atomic E-state index is 13.4. The molecular formula is C11H12FN3. The minimum absolute atomic E-state index is 0.253. The summed E-state index contributed by atoms with van der Waals surface area (Å²) in [6.07, 6.45) is 2.90. The van der Waals surface area contributed by atoms with Crippen molar-refractivity contribution >= 4 is 5.65 Å². The highest BCUT2D eigenvalue weighted by Gasteiger charge is 2.19. The molecule has 0 aliphatic carbocycles. The molecule has 1 atom stereocenters. The minimum Gasteiger partial charge on any atom is -0.316 e. The zero-order chi connectivity index (χ0) is 10.3. The highest BCUT2D eigenvalue weighted by atomic mass is 19.1. The number of aromatic nitrogens is 2. The van der Waals surface area contributed by atoms with Crippen LogP contribution in [-0.4, -0.2) is 22.5 Å². The van der Waals surface area contributed by atoms with Gasteiger partial charge in [0.2, 0.25) is 0 Å². The second kappa shape index (κ2) is 3.31. The highest BCUT2D eigenvalue weighted by molar-refractivity contribution is 5.40. The van der Waals surface area contributed by atoms with Crippen molar-refractivity contribution in [1.82, 2.24) is 14.7 Å². The van der Waals surface area contributed by atoms with Crippen LogP contribution in [0.15, 0.2) is 24.4 Å². The smallest absolute Gasteiger partial charge is 0.199 e. The molecule has 2 aromatic heterocycles. The van der Waals surface area contributed by atoms with Crippen LogP contribution in [0, 0.1) is 5.95 Å². The molecule has 1 saturated heterocycles. The van der Waals surface area contributed by atoms with Gasteiger partial charge >= 0.3 is 0 Å². The Balaban J connectivity index is 2.09. The quantitative estimate of drug-likeness (QED) is 0.716. The van der Waals surface area contributed by atoms with Crippen molar-refractivity contribution in [3.05, 3.63) is 36.0 Å². The van der Waals surface area contributed by atoms with Crippen LogP contribution in [0.4, 0.5) is 4.39 Å². The van der Waals surface area contributed by atoms with Gasteiger partial charge in [0.05, 0.1) is 5.69 Å². The Morgan fingerprint density at radius 3 is 3.13 bits per heavy atom. The predicted octanol–water partition coefficient (Wildman–Crippen LogP) is 1.55. The first kappa shape index (κ1) is 8.85. The Morgan fingerprint density at radius 1 is 1.47 bits per heavy atom. The van der Waals surface area contributed by atoms with Crippen molar-refractivity contribution in [3.63, 3.8) is 0 Å².